The molecule has 0 radical (unpaired) electrons. The first-order valence-electron chi connectivity index (χ1n) is 5.32. The Kier molecular flexibility index (Phi) is 4.89. The Labute approximate surface area is 95.8 Å². The van der Waals surface area contributed by atoms with E-state index in [0.29, 0.717) is 5.88 Å². The van der Waals surface area contributed by atoms with E-state index in [1.165, 1.54) is 12.1 Å². The van der Waals surface area contributed by atoms with E-state index in [0.717, 1.165) is 30.8 Å². The molecule has 1 nitrogen and oxygen atoms in total. The zero-order valence-corrected chi connectivity index (χ0v) is 10.0. The molecule has 1 aromatic carbocycles. The maximum Gasteiger partial charge on any atom is 0.123 e. The second kappa shape index (κ2) is 5.96. The molecule has 0 aromatic heterocycles. The molecule has 0 spiro atoms. The first kappa shape index (κ1) is 12.3. The van der Waals surface area contributed by atoms with E-state index in [2.05, 4.69) is 18.7 Å². The number of hydrogen-bond acceptors (Lipinski definition) is 1. The summed E-state index contributed by atoms with van der Waals surface area (Å²) in [7, 11) is 0. The smallest absolute Gasteiger partial charge is 0.123 e. The molecule has 3 heteroatoms. The average molecular weight is 230 g/mol. The van der Waals surface area contributed by atoms with Crippen LogP contribution in [0.3, 0.4) is 0 Å². The molecule has 0 aliphatic rings. The van der Waals surface area contributed by atoms with Gasteiger partial charge < -0.3 is 4.90 Å². The molecule has 0 amide bonds. The van der Waals surface area contributed by atoms with Crippen LogP contribution in [0.5, 0.6) is 0 Å². The summed E-state index contributed by atoms with van der Waals surface area (Å²) in [6, 6.07) is 4.82. The lowest BCUT2D eigenvalue weighted by molar-refractivity contribution is 0.625. The normalized spacial score (nSPS) is 10.4. The van der Waals surface area contributed by atoms with Crippen molar-refractivity contribution in [3.05, 3.63) is 29.6 Å². The molecular weight excluding hydrogens is 213 g/mol. The Balaban J connectivity index is 2.99. The number of alkyl halides is 1. The summed E-state index contributed by atoms with van der Waals surface area (Å²) in [6.07, 6.45) is 1.08. The third-order valence-corrected chi connectivity index (χ3v) is 2.69. The second-order valence-electron chi connectivity index (χ2n) is 3.49. The quantitative estimate of drug-likeness (QED) is 0.695. The topological polar surface area (TPSA) is 3.24 Å². The minimum Gasteiger partial charge on any atom is -0.372 e. The van der Waals surface area contributed by atoms with Crippen LogP contribution in [0.2, 0.25) is 0 Å². The first-order valence-corrected chi connectivity index (χ1v) is 5.85. The number of nitrogens with zero attached hydrogens (tertiary/aromatic N) is 1. The van der Waals surface area contributed by atoms with Crippen molar-refractivity contribution >= 4 is 17.3 Å². The van der Waals surface area contributed by atoms with Crippen molar-refractivity contribution in [2.24, 2.45) is 0 Å². The van der Waals surface area contributed by atoms with E-state index in [4.69, 9.17) is 11.6 Å². The van der Waals surface area contributed by atoms with Gasteiger partial charge in [-0.1, -0.05) is 6.92 Å². The Hall–Kier alpha value is -0.760. The van der Waals surface area contributed by atoms with E-state index < -0.39 is 0 Å². The number of anilines is 1. The summed E-state index contributed by atoms with van der Waals surface area (Å²) < 4.78 is 13.0. The second-order valence-corrected chi connectivity index (χ2v) is 3.75. The van der Waals surface area contributed by atoms with Crippen LogP contribution in [0.1, 0.15) is 25.8 Å². The zero-order valence-electron chi connectivity index (χ0n) is 9.26. The van der Waals surface area contributed by atoms with E-state index in [1.807, 2.05) is 6.07 Å². The molecule has 1 rings (SSSR count). The largest absolute Gasteiger partial charge is 0.372 e. The fourth-order valence-corrected chi connectivity index (χ4v) is 1.90. The van der Waals surface area contributed by atoms with Crippen LogP contribution in [-0.4, -0.2) is 13.1 Å². The minimum atomic E-state index is -0.220. The van der Waals surface area contributed by atoms with Gasteiger partial charge >= 0.3 is 0 Å². The summed E-state index contributed by atoms with van der Waals surface area (Å²) in [5.41, 5.74) is 1.92. The Morgan fingerprint density at radius 2 is 2.07 bits per heavy atom. The van der Waals surface area contributed by atoms with E-state index >= 15 is 0 Å². The molecule has 15 heavy (non-hydrogen) atoms. The molecule has 0 fully saturated rings. The summed E-state index contributed by atoms with van der Waals surface area (Å²) in [4.78, 5) is 2.22. The molecule has 0 atom stereocenters. The van der Waals surface area contributed by atoms with Crippen LogP contribution >= 0.6 is 11.6 Å². The van der Waals surface area contributed by atoms with Gasteiger partial charge in [-0.25, -0.2) is 4.39 Å². The third-order valence-electron chi connectivity index (χ3n) is 2.40. The van der Waals surface area contributed by atoms with Gasteiger partial charge in [-0.2, -0.15) is 0 Å². The lowest BCUT2D eigenvalue weighted by Gasteiger charge is -2.24. The SMILES string of the molecule is CCCN(CC)c1ccc(F)cc1CCl. The molecular formula is C12H17ClFN. The highest BCUT2D eigenvalue weighted by molar-refractivity contribution is 6.17. The number of halogens is 2. The standard InChI is InChI=1S/C12H17ClFN/c1-3-7-15(4-2)12-6-5-11(14)8-10(12)9-13/h5-6,8H,3-4,7,9H2,1-2H3. The van der Waals surface area contributed by atoms with Gasteiger partial charge in [0, 0.05) is 24.7 Å². The Bertz CT molecular complexity index is 314. The van der Waals surface area contributed by atoms with E-state index in [9.17, 15) is 4.39 Å². The van der Waals surface area contributed by atoms with Gasteiger partial charge in [0.15, 0.2) is 0 Å². The minimum absolute atomic E-state index is 0.220. The molecule has 0 aliphatic heterocycles. The van der Waals surface area contributed by atoms with E-state index in [-0.39, 0.29) is 5.82 Å². The third kappa shape index (κ3) is 3.10. The fraction of sp³-hybridized carbons (Fsp3) is 0.500. The molecule has 0 aliphatic carbocycles. The summed E-state index contributed by atoms with van der Waals surface area (Å²) in [5.74, 6) is 0.134. The average Bonchev–Trinajstić information content (AvgIpc) is 2.26. The molecule has 0 saturated carbocycles. The van der Waals surface area contributed by atoms with Crippen LogP contribution < -0.4 is 4.90 Å². The Morgan fingerprint density at radius 1 is 1.33 bits per heavy atom. The molecule has 0 unspecified atom stereocenters. The summed E-state index contributed by atoms with van der Waals surface area (Å²) >= 11 is 5.81. The van der Waals surface area contributed by atoms with Crippen LogP contribution in [-0.2, 0) is 5.88 Å². The number of hydrogen-bond donors (Lipinski definition) is 0. The lowest BCUT2D eigenvalue weighted by Crippen LogP contribution is -2.24. The molecule has 0 N–H and O–H groups in total. The molecule has 0 bridgehead atoms. The first-order chi connectivity index (χ1) is 7.22. The summed E-state index contributed by atoms with van der Waals surface area (Å²) in [6.45, 7) is 6.12. The van der Waals surface area contributed by atoms with Crippen molar-refractivity contribution in [2.45, 2.75) is 26.1 Å². The van der Waals surface area contributed by atoms with Gasteiger partial charge in [0.05, 0.1) is 0 Å². The van der Waals surface area contributed by atoms with Crippen LogP contribution in [0.4, 0.5) is 10.1 Å². The van der Waals surface area contributed by atoms with Gasteiger partial charge in [-0.3, -0.25) is 0 Å². The predicted molar refractivity (Wildman–Crippen MR) is 64.1 cm³/mol. The summed E-state index contributed by atoms with van der Waals surface area (Å²) in [5, 5.41) is 0. The van der Waals surface area contributed by atoms with Crippen molar-refractivity contribution in [3.8, 4) is 0 Å². The van der Waals surface area contributed by atoms with Gasteiger partial charge in [-0.15, -0.1) is 11.6 Å². The lowest BCUT2D eigenvalue weighted by atomic mass is 10.1. The van der Waals surface area contributed by atoms with Gasteiger partial charge in [-0.05, 0) is 37.1 Å². The van der Waals surface area contributed by atoms with Crippen molar-refractivity contribution in [3.63, 3.8) is 0 Å². The van der Waals surface area contributed by atoms with Gasteiger partial charge in [0.25, 0.3) is 0 Å². The van der Waals surface area contributed by atoms with Crippen molar-refractivity contribution in [2.75, 3.05) is 18.0 Å². The predicted octanol–water partition coefficient (Wildman–Crippen LogP) is 3.80. The van der Waals surface area contributed by atoms with Crippen LogP contribution in [0.15, 0.2) is 18.2 Å². The Morgan fingerprint density at radius 3 is 2.60 bits per heavy atom. The maximum absolute atomic E-state index is 13.0. The fourth-order valence-electron chi connectivity index (χ4n) is 1.69. The highest BCUT2D eigenvalue weighted by atomic mass is 35.5. The van der Waals surface area contributed by atoms with E-state index in [1.54, 1.807) is 0 Å². The number of benzene rings is 1. The van der Waals surface area contributed by atoms with Crippen molar-refractivity contribution < 1.29 is 4.39 Å². The zero-order chi connectivity index (χ0) is 11.3. The van der Waals surface area contributed by atoms with Gasteiger partial charge in [0.2, 0.25) is 0 Å². The monoisotopic (exact) mass is 229 g/mol. The van der Waals surface area contributed by atoms with Crippen LogP contribution in [0.25, 0.3) is 0 Å². The number of rotatable bonds is 5. The highest BCUT2D eigenvalue weighted by Crippen LogP contribution is 2.23. The van der Waals surface area contributed by atoms with Crippen molar-refractivity contribution in [1.82, 2.24) is 0 Å². The molecule has 1 aromatic rings. The highest BCUT2D eigenvalue weighted by Gasteiger charge is 2.09. The maximum atomic E-state index is 13.0. The molecule has 0 saturated heterocycles. The molecule has 84 valence electrons. The van der Waals surface area contributed by atoms with Gasteiger partial charge in [0.1, 0.15) is 5.82 Å². The van der Waals surface area contributed by atoms with Crippen molar-refractivity contribution in [1.29, 1.82) is 0 Å². The van der Waals surface area contributed by atoms with Crippen LogP contribution in [0, 0.1) is 5.82 Å². The molecule has 0 heterocycles.